The average molecular weight is 437 g/mol. The van der Waals surface area contributed by atoms with Gasteiger partial charge in [0.05, 0.1) is 18.7 Å². The maximum atomic E-state index is 13.8. The van der Waals surface area contributed by atoms with E-state index in [4.69, 9.17) is 4.74 Å². The number of fused-ring (bicyclic) bond motifs is 3. The topological polar surface area (TPSA) is 101 Å². The second-order valence-corrected chi connectivity index (χ2v) is 7.42. The van der Waals surface area contributed by atoms with Crippen molar-refractivity contribution in [2.75, 3.05) is 20.3 Å². The van der Waals surface area contributed by atoms with Gasteiger partial charge in [0.2, 0.25) is 5.43 Å². The number of halogens is 3. The molecule has 3 heterocycles. The highest BCUT2D eigenvalue weighted by Gasteiger charge is 2.42. The fourth-order valence-corrected chi connectivity index (χ4v) is 4.01. The second-order valence-electron chi connectivity index (χ2n) is 7.42. The fraction of sp³-hybridized carbons (Fsp3) is 0.350. The molecule has 2 aromatic rings. The summed E-state index contributed by atoms with van der Waals surface area (Å²) in [5.74, 6) is -5.98. The van der Waals surface area contributed by atoms with E-state index in [1.807, 2.05) is 0 Å². The number of rotatable bonds is 3. The first-order valence-electron chi connectivity index (χ1n) is 9.45. The van der Waals surface area contributed by atoms with Crippen molar-refractivity contribution in [1.82, 2.24) is 14.8 Å². The van der Waals surface area contributed by atoms with Gasteiger partial charge in [-0.2, -0.15) is 0 Å². The summed E-state index contributed by atoms with van der Waals surface area (Å²) in [6.07, 6.45) is 1.67. The molecule has 11 heteroatoms. The van der Waals surface area contributed by atoms with Crippen LogP contribution in [0, 0.1) is 17.5 Å². The smallest absolute Gasteiger partial charge is 0.274 e. The summed E-state index contributed by atoms with van der Waals surface area (Å²) in [6.45, 7) is -0.0251. The van der Waals surface area contributed by atoms with Crippen LogP contribution in [0.5, 0.6) is 5.75 Å². The maximum absolute atomic E-state index is 13.8. The van der Waals surface area contributed by atoms with E-state index in [9.17, 15) is 32.7 Å². The van der Waals surface area contributed by atoms with E-state index in [-0.39, 0.29) is 18.3 Å². The Morgan fingerprint density at radius 3 is 2.58 bits per heavy atom. The Kier molecular flexibility index (Phi) is 5.21. The Bertz CT molecular complexity index is 1130. The molecule has 2 amide bonds. The monoisotopic (exact) mass is 437 g/mol. The molecule has 31 heavy (non-hydrogen) atoms. The van der Waals surface area contributed by atoms with Crippen LogP contribution < -0.4 is 10.7 Å². The molecule has 0 radical (unpaired) electrons. The van der Waals surface area contributed by atoms with E-state index in [1.165, 1.54) is 9.47 Å². The van der Waals surface area contributed by atoms with Crippen molar-refractivity contribution < 1.29 is 32.6 Å². The molecule has 0 aliphatic carbocycles. The van der Waals surface area contributed by atoms with Crippen LogP contribution >= 0.6 is 0 Å². The second kappa shape index (κ2) is 7.73. The Labute approximate surface area is 173 Å². The van der Waals surface area contributed by atoms with Gasteiger partial charge in [0.25, 0.3) is 11.8 Å². The fourth-order valence-electron chi connectivity index (χ4n) is 4.01. The Balaban J connectivity index is 1.69. The third kappa shape index (κ3) is 3.44. The van der Waals surface area contributed by atoms with Gasteiger partial charge in [-0.05, 0) is 6.42 Å². The van der Waals surface area contributed by atoms with Gasteiger partial charge >= 0.3 is 0 Å². The molecule has 2 N–H and O–H groups in total. The predicted octanol–water partition coefficient (Wildman–Crippen LogP) is 1.32. The van der Waals surface area contributed by atoms with Crippen LogP contribution in [0.3, 0.4) is 0 Å². The number of carbonyl (C=O) groups is 2. The number of aromatic nitrogens is 1. The van der Waals surface area contributed by atoms with Gasteiger partial charge in [-0.3, -0.25) is 14.4 Å². The molecule has 8 nitrogen and oxygen atoms in total. The van der Waals surface area contributed by atoms with Gasteiger partial charge in [0.1, 0.15) is 23.0 Å². The van der Waals surface area contributed by atoms with Crippen molar-refractivity contribution in [2.45, 2.75) is 25.0 Å². The molecule has 164 valence electrons. The van der Waals surface area contributed by atoms with Crippen LogP contribution in [0.15, 0.2) is 23.1 Å². The van der Waals surface area contributed by atoms with Crippen LogP contribution in [-0.4, -0.2) is 52.7 Å². The lowest BCUT2D eigenvalue weighted by molar-refractivity contribution is -0.00800. The summed E-state index contributed by atoms with van der Waals surface area (Å²) in [5, 5.41) is 12.6. The molecular formula is C20H18F3N3O5. The Morgan fingerprint density at radius 1 is 1.23 bits per heavy atom. The minimum absolute atomic E-state index is 0.199. The van der Waals surface area contributed by atoms with E-state index in [2.05, 4.69) is 5.32 Å². The SMILES string of the molecule is CN1C(=O)c2c(O)c(=O)c(C(=O)NCc3c(F)cc(F)cc3F)cn2[C@H]2COCC[C@H]21. The lowest BCUT2D eigenvalue weighted by atomic mass is 9.96. The largest absolute Gasteiger partial charge is 0.503 e. The van der Waals surface area contributed by atoms with Gasteiger partial charge < -0.3 is 24.6 Å². The lowest BCUT2D eigenvalue weighted by Gasteiger charge is -2.44. The zero-order chi connectivity index (χ0) is 22.4. The first kappa shape index (κ1) is 20.9. The van der Waals surface area contributed by atoms with E-state index in [1.54, 1.807) is 7.05 Å². The molecule has 0 bridgehead atoms. The van der Waals surface area contributed by atoms with Crippen molar-refractivity contribution >= 4 is 11.8 Å². The highest BCUT2D eigenvalue weighted by Crippen LogP contribution is 2.33. The number of ether oxygens (including phenoxy) is 1. The van der Waals surface area contributed by atoms with Crippen LogP contribution in [0.1, 0.15) is 38.9 Å². The molecule has 0 saturated carbocycles. The first-order chi connectivity index (χ1) is 14.7. The minimum atomic E-state index is -1.20. The molecule has 1 saturated heterocycles. The maximum Gasteiger partial charge on any atom is 0.274 e. The highest BCUT2D eigenvalue weighted by atomic mass is 19.1. The van der Waals surface area contributed by atoms with E-state index < -0.39 is 64.2 Å². The molecule has 0 spiro atoms. The van der Waals surface area contributed by atoms with E-state index in [0.29, 0.717) is 25.2 Å². The van der Waals surface area contributed by atoms with Crippen LogP contribution in [0.4, 0.5) is 13.2 Å². The lowest BCUT2D eigenvalue weighted by Crippen LogP contribution is -2.53. The number of hydrogen-bond donors (Lipinski definition) is 2. The summed E-state index contributed by atoms with van der Waals surface area (Å²) in [6, 6.07) is 0.246. The third-order valence-electron chi connectivity index (χ3n) is 5.65. The number of likely N-dealkylation sites (N-methyl/N-ethyl adjacent to an activating group) is 1. The van der Waals surface area contributed by atoms with Crippen LogP contribution in [-0.2, 0) is 11.3 Å². The zero-order valence-electron chi connectivity index (χ0n) is 16.3. The molecule has 4 rings (SSSR count). The summed E-state index contributed by atoms with van der Waals surface area (Å²) in [7, 11) is 1.56. The minimum Gasteiger partial charge on any atom is -0.503 e. The van der Waals surface area contributed by atoms with Gasteiger partial charge in [0.15, 0.2) is 11.4 Å². The molecular weight excluding hydrogens is 419 g/mol. The summed E-state index contributed by atoms with van der Waals surface area (Å²) < 4.78 is 47.5. The number of aromatic hydroxyl groups is 1. The Hall–Kier alpha value is -3.34. The van der Waals surface area contributed by atoms with Crippen LogP contribution in [0.2, 0.25) is 0 Å². The molecule has 0 unspecified atom stereocenters. The van der Waals surface area contributed by atoms with Crippen molar-refractivity contribution in [2.24, 2.45) is 0 Å². The van der Waals surface area contributed by atoms with Crippen molar-refractivity contribution in [3.63, 3.8) is 0 Å². The van der Waals surface area contributed by atoms with Gasteiger partial charge in [0, 0.05) is 44.1 Å². The number of nitrogens with one attached hydrogen (secondary N) is 1. The van der Waals surface area contributed by atoms with E-state index >= 15 is 0 Å². The number of benzene rings is 1. The van der Waals surface area contributed by atoms with Crippen LogP contribution in [0.25, 0.3) is 0 Å². The zero-order valence-corrected chi connectivity index (χ0v) is 16.3. The molecule has 2 aliphatic rings. The predicted molar refractivity (Wildman–Crippen MR) is 100 cm³/mol. The summed E-state index contributed by atoms with van der Waals surface area (Å²) >= 11 is 0. The number of carbonyl (C=O) groups excluding carboxylic acids is 2. The summed E-state index contributed by atoms with van der Waals surface area (Å²) in [5.41, 5.74) is -2.45. The Morgan fingerprint density at radius 2 is 1.90 bits per heavy atom. The normalized spacial score (nSPS) is 20.3. The van der Waals surface area contributed by atoms with Crippen molar-refractivity contribution in [3.8, 4) is 5.75 Å². The number of amides is 2. The standard InChI is InChI=1S/C20H18F3N3O5/c1-25-14-2-3-31-8-15(14)26-7-11(17(27)18(28)16(26)20(25)30)19(29)24-6-10-12(22)4-9(21)5-13(10)23/h4-5,7,14-15,28H,2-3,6,8H2,1H3,(H,24,29)/t14-,15+/m1/s1. The molecule has 1 aromatic carbocycles. The van der Waals surface area contributed by atoms with Gasteiger partial charge in [-0.25, -0.2) is 13.2 Å². The van der Waals surface area contributed by atoms with Gasteiger partial charge in [-0.1, -0.05) is 0 Å². The molecule has 2 atom stereocenters. The molecule has 1 fully saturated rings. The highest BCUT2D eigenvalue weighted by molar-refractivity contribution is 5.99. The molecule has 1 aromatic heterocycles. The van der Waals surface area contributed by atoms with Gasteiger partial charge in [-0.15, -0.1) is 0 Å². The summed E-state index contributed by atoms with van der Waals surface area (Å²) in [4.78, 5) is 39.3. The van der Waals surface area contributed by atoms with E-state index in [0.717, 1.165) is 6.20 Å². The number of pyridine rings is 1. The average Bonchev–Trinajstić information content (AvgIpc) is 2.73. The number of hydrogen-bond acceptors (Lipinski definition) is 5. The van der Waals surface area contributed by atoms with Crippen molar-refractivity contribution in [3.05, 3.63) is 62.8 Å². The quantitative estimate of drug-likeness (QED) is 0.755. The number of nitrogens with zero attached hydrogens (tertiary/aromatic N) is 2. The first-order valence-corrected chi connectivity index (χ1v) is 9.45. The van der Waals surface area contributed by atoms with Crippen molar-refractivity contribution in [1.29, 1.82) is 0 Å². The third-order valence-corrected chi connectivity index (χ3v) is 5.65. The molecule has 2 aliphatic heterocycles.